The number of hydrogen-bond donors (Lipinski definition) is 2. The van der Waals surface area contributed by atoms with Gasteiger partial charge in [-0.1, -0.05) is 18.2 Å². The highest BCUT2D eigenvalue weighted by atomic mass is 16.5. The van der Waals surface area contributed by atoms with Gasteiger partial charge in [0.05, 0.1) is 29.2 Å². The Kier molecular flexibility index (Phi) is 3.51. The number of ether oxygens (including phenoxy) is 1. The summed E-state index contributed by atoms with van der Waals surface area (Å²) in [5, 5.41) is 3.35. The molecule has 1 aromatic carbocycles. The van der Waals surface area contributed by atoms with E-state index >= 15 is 0 Å². The van der Waals surface area contributed by atoms with Gasteiger partial charge >= 0.3 is 0 Å². The van der Waals surface area contributed by atoms with Crippen LogP contribution in [0.4, 0.5) is 11.4 Å². The van der Waals surface area contributed by atoms with Crippen LogP contribution in [0.2, 0.25) is 0 Å². The maximum atomic E-state index is 12.4. The number of pyridine rings is 1. The number of nitrogens with one attached hydrogen (secondary N) is 1. The van der Waals surface area contributed by atoms with Gasteiger partial charge in [-0.05, 0) is 24.3 Å². The second kappa shape index (κ2) is 5.82. The van der Waals surface area contributed by atoms with Crippen molar-refractivity contribution in [3.05, 3.63) is 66.1 Å². The van der Waals surface area contributed by atoms with Crippen LogP contribution in [0, 0.1) is 0 Å². The first kappa shape index (κ1) is 14.5. The van der Waals surface area contributed by atoms with E-state index < -0.39 is 0 Å². The van der Waals surface area contributed by atoms with Crippen molar-refractivity contribution in [3.8, 4) is 11.3 Å². The first-order valence-electron chi connectivity index (χ1n) is 7.62. The topological polar surface area (TPSA) is 82.2 Å². The minimum atomic E-state index is -0.0748. The van der Waals surface area contributed by atoms with E-state index in [0.717, 1.165) is 16.9 Å². The predicted octanol–water partition coefficient (Wildman–Crippen LogP) is 2.72. The molecule has 6 nitrogen and oxygen atoms in total. The van der Waals surface area contributed by atoms with Crippen molar-refractivity contribution in [1.82, 2.24) is 9.66 Å². The molecule has 2 aromatic heterocycles. The molecular formula is C18H16N4O2. The van der Waals surface area contributed by atoms with E-state index in [-0.39, 0.29) is 12.4 Å². The van der Waals surface area contributed by atoms with Gasteiger partial charge in [-0.2, -0.15) is 0 Å². The van der Waals surface area contributed by atoms with E-state index in [1.165, 1.54) is 4.68 Å². The molecule has 0 fully saturated rings. The predicted molar refractivity (Wildman–Crippen MR) is 91.5 cm³/mol. The lowest BCUT2D eigenvalue weighted by Gasteiger charge is -2.14. The molecule has 0 saturated carbocycles. The van der Waals surface area contributed by atoms with Crippen molar-refractivity contribution in [3.63, 3.8) is 0 Å². The number of benzene rings is 1. The van der Waals surface area contributed by atoms with E-state index in [1.54, 1.807) is 12.4 Å². The summed E-state index contributed by atoms with van der Waals surface area (Å²) in [5.41, 5.74) is 4.49. The molecule has 120 valence electrons. The van der Waals surface area contributed by atoms with Crippen molar-refractivity contribution in [2.75, 3.05) is 17.8 Å². The van der Waals surface area contributed by atoms with Gasteiger partial charge in [0.15, 0.2) is 5.78 Å². The summed E-state index contributed by atoms with van der Waals surface area (Å²) in [6.07, 6.45) is 3.40. The maximum Gasteiger partial charge on any atom is 0.192 e. The Labute approximate surface area is 138 Å². The number of aromatic nitrogens is 2. The van der Waals surface area contributed by atoms with E-state index in [4.69, 9.17) is 10.6 Å². The highest BCUT2D eigenvalue weighted by Crippen LogP contribution is 2.38. The summed E-state index contributed by atoms with van der Waals surface area (Å²) in [6, 6.07) is 13.4. The molecule has 0 saturated heterocycles. The number of carbonyl (C=O) groups excluding carboxylic acids is 1. The van der Waals surface area contributed by atoms with E-state index in [0.29, 0.717) is 23.6 Å². The Morgan fingerprint density at radius 3 is 2.58 bits per heavy atom. The molecule has 1 aliphatic rings. The minimum Gasteiger partial charge on any atom is -0.367 e. The van der Waals surface area contributed by atoms with E-state index in [2.05, 4.69) is 10.3 Å². The molecule has 0 bridgehead atoms. The third-order valence-electron chi connectivity index (χ3n) is 4.05. The quantitative estimate of drug-likeness (QED) is 0.725. The number of anilines is 2. The monoisotopic (exact) mass is 320 g/mol. The fourth-order valence-electron chi connectivity index (χ4n) is 2.97. The summed E-state index contributed by atoms with van der Waals surface area (Å²) in [7, 11) is 0. The Bertz CT molecular complexity index is 888. The molecule has 24 heavy (non-hydrogen) atoms. The van der Waals surface area contributed by atoms with Crippen LogP contribution in [-0.2, 0) is 11.3 Å². The molecule has 6 heteroatoms. The van der Waals surface area contributed by atoms with Crippen molar-refractivity contribution < 1.29 is 9.53 Å². The number of carbonyl (C=O) groups is 1. The molecule has 0 amide bonds. The molecule has 3 heterocycles. The van der Waals surface area contributed by atoms with Gasteiger partial charge in [-0.25, -0.2) is 0 Å². The second-order valence-electron chi connectivity index (χ2n) is 5.56. The van der Waals surface area contributed by atoms with Crippen molar-refractivity contribution >= 4 is 17.2 Å². The SMILES string of the molecule is Nn1c2c(c(Nc3ccccc3)c1-c1ccncc1)C(=O)COC2. The fourth-order valence-corrected chi connectivity index (χ4v) is 2.97. The van der Waals surface area contributed by atoms with Gasteiger partial charge in [-0.15, -0.1) is 0 Å². The summed E-state index contributed by atoms with van der Waals surface area (Å²) in [4.78, 5) is 16.5. The lowest BCUT2D eigenvalue weighted by Crippen LogP contribution is -2.22. The molecule has 1 aliphatic heterocycles. The fraction of sp³-hybridized carbons (Fsp3) is 0.111. The standard InChI is InChI=1S/C18H16N4O2/c19-22-14-10-24-11-15(23)16(14)17(21-13-4-2-1-3-5-13)18(22)12-6-8-20-9-7-12/h1-9,21H,10-11,19H2. The van der Waals surface area contributed by atoms with Crippen molar-refractivity contribution in [2.45, 2.75) is 6.61 Å². The van der Waals surface area contributed by atoms with Crippen LogP contribution in [0.15, 0.2) is 54.9 Å². The van der Waals surface area contributed by atoms with Crippen LogP contribution in [0.25, 0.3) is 11.3 Å². The number of nitrogen functional groups attached to an aromatic ring is 1. The van der Waals surface area contributed by atoms with Crippen LogP contribution in [0.1, 0.15) is 16.1 Å². The summed E-state index contributed by atoms with van der Waals surface area (Å²) >= 11 is 0. The Balaban J connectivity index is 1.94. The van der Waals surface area contributed by atoms with Gasteiger partial charge in [0.25, 0.3) is 0 Å². The molecule has 3 N–H and O–H groups in total. The van der Waals surface area contributed by atoms with Crippen LogP contribution in [0.3, 0.4) is 0 Å². The molecular weight excluding hydrogens is 304 g/mol. The smallest absolute Gasteiger partial charge is 0.192 e. The number of Topliss-reactive ketones (excluding diaryl/α,β-unsaturated/α-hetero) is 1. The van der Waals surface area contributed by atoms with Crippen LogP contribution in [-0.4, -0.2) is 22.1 Å². The number of ketones is 1. The summed E-state index contributed by atoms with van der Waals surface area (Å²) in [6.45, 7) is 0.377. The summed E-state index contributed by atoms with van der Waals surface area (Å²) < 4.78 is 6.89. The molecule has 0 unspecified atom stereocenters. The highest BCUT2D eigenvalue weighted by molar-refractivity contribution is 6.08. The van der Waals surface area contributed by atoms with Crippen LogP contribution in [0.5, 0.6) is 0 Å². The van der Waals surface area contributed by atoms with Gasteiger partial charge in [0.2, 0.25) is 0 Å². The van der Waals surface area contributed by atoms with Crippen LogP contribution >= 0.6 is 0 Å². The number of rotatable bonds is 3. The lowest BCUT2D eigenvalue weighted by atomic mass is 10.1. The first-order chi connectivity index (χ1) is 11.8. The van der Waals surface area contributed by atoms with E-state index in [1.807, 2.05) is 42.5 Å². The zero-order valence-corrected chi connectivity index (χ0v) is 12.9. The third-order valence-corrected chi connectivity index (χ3v) is 4.05. The first-order valence-corrected chi connectivity index (χ1v) is 7.62. The van der Waals surface area contributed by atoms with Gasteiger partial charge in [0.1, 0.15) is 6.61 Å². The molecule has 3 aromatic rings. The van der Waals surface area contributed by atoms with Gasteiger partial charge in [0, 0.05) is 23.6 Å². The summed E-state index contributed by atoms with van der Waals surface area (Å²) in [5.74, 6) is 6.22. The number of hydrogen-bond acceptors (Lipinski definition) is 5. The van der Waals surface area contributed by atoms with E-state index in [9.17, 15) is 4.79 Å². The largest absolute Gasteiger partial charge is 0.367 e. The zero-order valence-electron chi connectivity index (χ0n) is 12.9. The Hall–Kier alpha value is -3.12. The van der Waals surface area contributed by atoms with Gasteiger partial charge in [-0.3, -0.25) is 14.5 Å². The molecule has 0 aliphatic carbocycles. The minimum absolute atomic E-state index is 0.0657. The van der Waals surface area contributed by atoms with Crippen LogP contribution < -0.4 is 11.2 Å². The molecule has 4 rings (SSSR count). The normalized spacial score (nSPS) is 13.6. The molecule has 0 radical (unpaired) electrons. The van der Waals surface area contributed by atoms with Gasteiger partial charge < -0.3 is 15.9 Å². The van der Waals surface area contributed by atoms with Crippen molar-refractivity contribution in [2.24, 2.45) is 0 Å². The Morgan fingerprint density at radius 2 is 1.83 bits per heavy atom. The third kappa shape index (κ3) is 2.33. The maximum absolute atomic E-state index is 12.4. The number of para-hydroxylation sites is 1. The number of nitrogens with two attached hydrogens (primary N) is 1. The average molecular weight is 320 g/mol. The second-order valence-corrected chi connectivity index (χ2v) is 5.56. The van der Waals surface area contributed by atoms with Crippen molar-refractivity contribution in [1.29, 1.82) is 0 Å². The molecule has 0 spiro atoms. The number of nitrogens with zero attached hydrogens (tertiary/aromatic N) is 2. The molecule has 0 atom stereocenters. The number of fused-ring (bicyclic) bond motifs is 1. The average Bonchev–Trinajstić information content (AvgIpc) is 2.90. The lowest BCUT2D eigenvalue weighted by molar-refractivity contribution is 0.0654. The highest BCUT2D eigenvalue weighted by Gasteiger charge is 2.30. The zero-order chi connectivity index (χ0) is 16.5. The Morgan fingerprint density at radius 1 is 1.08 bits per heavy atom.